The Morgan fingerprint density at radius 2 is 2.00 bits per heavy atom. The zero-order valence-corrected chi connectivity index (χ0v) is 8.06. The Hall–Kier alpha value is -0.520. The van der Waals surface area contributed by atoms with E-state index in [-0.39, 0.29) is 0 Å². The van der Waals surface area contributed by atoms with Crippen LogP contribution in [0.5, 0.6) is 0 Å². The molecule has 0 aromatic carbocycles. The maximum absolute atomic E-state index is 2.24. The number of hydrogen-bond donors (Lipinski definition) is 0. The van der Waals surface area contributed by atoms with E-state index < -0.39 is 0 Å². The van der Waals surface area contributed by atoms with Crippen LogP contribution in [0, 0.1) is 0 Å². The third-order valence-electron chi connectivity index (χ3n) is 1.75. The Labute approximate surface area is 71.0 Å². The molecular weight excluding hydrogens is 132 g/mol. The average molecular weight is 152 g/mol. The summed E-state index contributed by atoms with van der Waals surface area (Å²) >= 11 is 0. The summed E-state index contributed by atoms with van der Waals surface area (Å²) in [5, 5.41) is 0. The van der Waals surface area contributed by atoms with E-state index in [1.165, 1.54) is 31.3 Å². The van der Waals surface area contributed by atoms with Crippen LogP contribution in [0.1, 0.15) is 46.5 Å². The summed E-state index contributed by atoms with van der Waals surface area (Å²) < 4.78 is 0. The first-order valence-electron chi connectivity index (χ1n) is 4.59. The second-order valence-corrected chi connectivity index (χ2v) is 3.00. The molecule has 0 aliphatic heterocycles. The van der Waals surface area contributed by atoms with Gasteiger partial charge in [-0.1, -0.05) is 43.6 Å². The topological polar surface area (TPSA) is 0 Å². The predicted molar refractivity (Wildman–Crippen MR) is 52.7 cm³/mol. The fourth-order valence-corrected chi connectivity index (χ4v) is 0.998. The minimum absolute atomic E-state index is 1.26. The van der Waals surface area contributed by atoms with Gasteiger partial charge < -0.3 is 0 Å². The summed E-state index contributed by atoms with van der Waals surface area (Å²) in [6.45, 7) is 6.50. The summed E-state index contributed by atoms with van der Waals surface area (Å²) in [6.07, 6.45) is 11.7. The molecule has 0 heteroatoms. The Balaban J connectivity index is 3.42. The highest BCUT2D eigenvalue weighted by atomic mass is 13.9. The number of rotatable bonds is 5. The van der Waals surface area contributed by atoms with Gasteiger partial charge in [0.25, 0.3) is 0 Å². The largest absolute Gasteiger partial charge is 0.0877 e. The third-order valence-corrected chi connectivity index (χ3v) is 1.75. The van der Waals surface area contributed by atoms with Gasteiger partial charge in [-0.3, -0.25) is 0 Å². The molecule has 0 fully saturated rings. The highest BCUT2D eigenvalue weighted by Crippen LogP contribution is 2.07. The molecule has 0 heterocycles. The van der Waals surface area contributed by atoms with E-state index in [9.17, 15) is 0 Å². The molecule has 0 radical (unpaired) electrons. The van der Waals surface area contributed by atoms with Crippen molar-refractivity contribution in [2.24, 2.45) is 0 Å². The quantitative estimate of drug-likeness (QED) is 0.411. The Bertz CT molecular complexity index is 129. The molecule has 0 N–H and O–H groups in total. The van der Waals surface area contributed by atoms with E-state index >= 15 is 0 Å². The average Bonchev–Trinajstić information content (AvgIpc) is 2.01. The number of hydrogen-bond acceptors (Lipinski definition) is 0. The molecule has 11 heavy (non-hydrogen) atoms. The summed E-state index contributed by atoms with van der Waals surface area (Å²) in [5.41, 5.74) is 1.50. The highest BCUT2D eigenvalue weighted by Gasteiger charge is 1.87. The van der Waals surface area contributed by atoms with Crippen LogP contribution in [0.4, 0.5) is 0 Å². The van der Waals surface area contributed by atoms with Gasteiger partial charge in [0.2, 0.25) is 0 Å². The zero-order valence-electron chi connectivity index (χ0n) is 8.06. The van der Waals surface area contributed by atoms with Crippen LogP contribution in [0.3, 0.4) is 0 Å². The normalized spacial score (nSPS) is 12.8. The number of allylic oxidation sites excluding steroid dienone is 4. The van der Waals surface area contributed by atoms with Gasteiger partial charge in [-0.05, 0) is 26.7 Å². The number of unbranched alkanes of at least 4 members (excludes halogenated alkanes) is 2. The highest BCUT2D eigenvalue weighted by molar-refractivity contribution is 5.09. The van der Waals surface area contributed by atoms with E-state index in [2.05, 4.69) is 39.0 Å². The van der Waals surface area contributed by atoms with Gasteiger partial charge in [-0.2, -0.15) is 0 Å². The van der Waals surface area contributed by atoms with Crippen LogP contribution in [0.15, 0.2) is 23.8 Å². The molecule has 0 rings (SSSR count). The molecule has 0 bridgehead atoms. The van der Waals surface area contributed by atoms with E-state index in [4.69, 9.17) is 0 Å². The van der Waals surface area contributed by atoms with Crippen molar-refractivity contribution in [2.75, 3.05) is 0 Å². The minimum Gasteiger partial charge on any atom is -0.0877 e. The fraction of sp³-hybridized carbons (Fsp3) is 0.636. The third kappa shape index (κ3) is 7.38. The summed E-state index contributed by atoms with van der Waals surface area (Å²) in [4.78, 5) is 0. The van der Waals surface area contributed by atoms with Gasteiger partial charge in [0.1, 0.15) is 0 Å². The van der Waals surface area contributed by atoms with Crippen LogP contribution >= 0.6 is 0 Å². The molecule has 64 valence electrons. The molecule has 0 aromatic heterocycles. The van der Waals surface area contributed by atoms with Gasteiger partial charge in [0, 0.05) is 0 Å². The lowest BCUT2D eigenvalue weighted by Crippen LogP contribution is -1.77. The van der Waals surface area contributed by atoms with Crippen molar-refractivity contribution in [2.45, 2.75) is 46.5 Å². The van der Waals surface area contributed by atoms with Crippen LogP contribution in [0.25, 0.3) is 0 Å². The lowest BCUT2D eigenvalue weighted by Gasteiger charge is -1.97. The fourth-order valence-electron chi connectivity index (χ4n) is 0.998. The molecule has 0 aliphatic carbocycles. The second-order valence-electron chi connectivity index (χ2n) is 3.00. The predicted octanol–water partition coefficient (Wildman–Crippen LogP) is 4.09. The second kappa shape index (κ2) is 7.59. The molecule has 0 saturated heterocycles. The summed E-state index contributed by atoms with van der Waals surface area (Å²) in [6, 6.07) is 0. The first kappa shape index (κ1) is 10.5. The Kier molecular flexibility index (Phi) is 7.23. The van der Waals surface area contributed by atoms with E-state index in [0.717, 1.165) is 0 Å². The van der Waals surface area contributed by atoms with E-state index in [1.54, 1.807) is 0 Å². The van der Waals surface area contributed by atoms with Gasteiger partial charge >= 0.3 is 0 Å². The van der Waals surface area contributed by atoms with Crippen molar-refractivity contribution in [3.8, 4) is 0 Å². The maximum Gasteiger partial charge on any atom is -0.0320 e. The molecule has 0 amide bonds. The van der Waals surface area contributed by atoms with Crippen LogP contribution in [0.2, 0.25) is 0 Å². The van der Waals surface area contributed by atoms with Crippen LogP contribution < -0.4 is 0 Å². The monoisotopic (exact) mass is 152 g/mol. The molecule has 0 unspecified atom stereocenters. The molecular formula is C11H20. The lowest BCUT2D eigenvalue weighted by atomic mass is 10.1. The van der Waals surface area contributed by atoms with Crippen molar-refractivity contribution in [3.63, 3.8) is 0 Å². The van der Waals surface area contributed by atoms with Gasteiger partial charge in [0.15, 0.2) is 0 Å². The Morgan fingerprint density at radius 3 is 2.55 bits per heavy atom. The first-order chi connectivity index (χ1) is 5.31. The van der Waals surface area contributed by atoms with Crippen molar-refractivity contribution in [3.05, 3.63) is 23.8 Å². The van der Waals surface area contributed by atoms with Crippen molar-refractivity contribution < 1.29 is 0 Å². The van der Waals surface area contributed by atoms with E-state index in [1.807, 2.05) is 0 Å². The van der Waals surface area contributed by atoms with Crippen molar-refractivity contribution in [1.29, 1.82) is 0 Å². The smallest absolute Gasteiger partial charge is 0.0320 e. The standard InChI is InChI=1S/C11H20/c1-4-6-8-10-11(3)9-7-5-2/h5,7,9H,4,6,8,10H2,1-3H3/b7-5+,11-9+. The molecule has 0 spiro atoms. The van der Waals surface area contributed by atoms with Crippen molar-refractivity contribution >= 4 is 0 Å². The summed E-state index contributed by atoms with van der Waals surface area (Å²) in [5.74, 6) is 0. The molecule has 0 atom stereocenters. The minimum atomic E-state index is 1.26. The zero-order chi connectivity index (χ0) is 8.53. The van der Waals surface area contributed by atoms with Crippen molar-refractivity contribution in [1.82, 2.24) is 0 Å². The molecule has 0 nitrogen and oxygen atoms in total. The van der Waals surface area contributed by atoms with Gasteiger partial charge in [-0.25, -0.2) is 0 Å². The van der Waals surface area contributed by atoms with Gasteiger partial charge in [-0.15, -0.1) is 0 Å². The van der Waals surface area contributed by atoms with Crippen LogP contribution in [-0.2, 0) is 0 Å². The first-order valence-corrected chi connectivity index (χ1v) is 4.59. The van der Waals surface area contributed by atoms with E-state index in [0.29, 0.717) is 0 Å². The SMILES string of the molecule is C/C=C/C=C(\C)CCCCC. The van der Waals surface area contributed by atoms with Crippen LogP contribution in [-0.4, -0.2) is 0 Å². The maximum atomic E-state index is 2.24. The summed E-state index contributed by atoms with van der Waals surface area (Å²) in [7, 11) is 0. The molecule has 0 aromatic rings. The lowest BCUT2D eigenvalue weighted by molar-refractivity contribution is 0.713. The van der Waals surface area contributed by atoms with Gasteiger partial charge in [0.05, 0.1) is 0 Å². The molecule has 0 saturated carbocycles. The molecule has 0 aliphatic rings. The Morgan fingerprint density at radius 1 is 1.27 bits per heavy atom.